The Kier molecular flexibility index (Phi) is 2.53. The molecule has 0 saturated carbocycles. The van der Waals surface area contributed by atoms with Gasteiger partial charge in [0.1, 0.15) is 0 Å². The number of carbonyl (C=O) groups excluding carboxylic acids is 2. The molecule has 0 radical (unpaired) electrons. The molecule has 0 atom stereocenters. The summed E-state index contributed by atoms with van der Waals surface area (Å²) in [5, 5.41) is 0. The standard InChI is InChI=1S/C16H11NO2/c17-11-5-3-4-10(8-11)14-9-15(18)12-6-1-2-7-13(12)16(14)19/h1-9H,17H2. The molecule has 3 nitrogen and oxygen atoms in total. The minimum absolute atomic E-state index is 0.138. The summed E-state index contributed by atoms with van der Waals surface area (Å²) < 4.78 is 0. The zero-order chi connectivity index (χ0) is 13.4. The number of carbonyl (C=O) groups is 2. The number of rotatable bonds is 1. The van der Waals surface area contributed by atoms with Gasteiger partial charge < -0.3 is 5.73 Å². The molecule has 1 aliphatic carbocycles. The van der Waals surface area contributed by atoms with Crippen LogP contribution in [-0.4, -0.2) is 11.6 Å². The minimum atomic E-state index is -0.146. The highest BCUT2D eigenvalue weighted by Gasteiger charge is 2.25. The minimum Gasteiger partial charge on any atom is -0.399 e. The predicted molar refractivity (Wildman–Crippen MR) is 73.9 cm³/mol. The molecular formula is C16H11NO2. The van der Waals surface area contributed by atoms with Crippen LogP contribution in [0.15, 0.2) is 54.6 Å². The van der Waals surface area contributed by atoms with Gasteiger partial charge in [-0.3, -0.25) is 9.59 Å². The van der Waals surface area contributed by atoms with Crippen molar-refractivity contribution in [2.45, 2.75) is 0 Å². The second kappa shape index (κ2) is 4.21. The van der Waals surface area contributed by atoms with Crippen molar-refractivity contribution < 1.29 is 9.59 Å². The molecule has 0 heterocycles. The smallest absolute Gasteiger partial charge is 0.194 e. The lowest BCUT2D eigenvalue weighted by molar-refractivity contribution is 0.100. The van der Waals surface area contributed by atoms with Crippen LogP contribution >= 0.6 is 0 Å². The number of nitrogen functional groups attached to an aromatic ring is 1. The Hall–Kier alpha value is -2.68. The molecule has 0 spiro atoms. The van der Waals surface area contributed by atoms with Gasteiger partial charge in [0, 0.05) is 22.4 Å². The van der Waals surface area contributed by atoms with E-state index in [0.29, 0.717) is 28.0 Å². The Morgan fingerprint density at radius 1 is 0.842 bits per heavy atom. The van der Waals surface area contributed by atoms with E-state index >= 15 is 0 Å². The van der Waals surface area contributed by atoms with Crippen molar-refractivity contribution in [3.05, 3.63) is 71.3 Å². The molecule has 0 fully saturated rings. The van der Waals surface area contributed by atoms with Gasteiger partial charge in [0.15, 0.2) is 11.6 Å². The molecule has 3 heteroatoms. The average Bonchev–Trinajstić information content (AvgIpc) is 2.43. The Labute approximate surface area is 110 Å². The first-order chi connectivity index (χ1) is 9.16. The normalized spacial score (nSPS) is 14.0. The Morgan fingerprint density at radius 2 is 1.58 bits per heavy atom. The van der Waals surface area contributed by atoms with Gasteiger partial charge in [-0.05, 0) is 23.8 Å². The van der Waals surface area contributed by atoms with E-state index < -0.39 is 0 Å². The number of allylic oxidation sites excluding steroid dienone is 2. The zero-order valence-electron chi connectivity index (χ0n) is 10.1. The molecule has 2 N–H and O–H groups in total. The SMILES string of the molecule is Nc1cccc(C2=CC(=O)c3ccccc3C2=O)c1. The van der Waals surface area contributed by atoms with Crippen LogP contribution in [0.3, 0.4) is 0 Å². The first kappa shape index (κ1) is 11.4. The molecule has 0 saturated heterocycles. The van der Waals surface area contributed by atoms with Crippen LogP contribution < -0.4 is 5.73 Å². The van der Waals surface area contributed by atoms with Crippen molar-refractivity contribution >= 4 is 22.8 Å². The fourth-order valence-electron chi connectivity index (χ4n) is 2.24. The van der Waals surface area contributed by atoms with Crippen LogP contribution in [0.25, 0.3) is 5.57 Å². The molecule has 0 unspecified atom stereocenters. The number of nitrogens with two attached hydrogens (primary N) is 1. The third kappa shape index (κ3) is 1.85. The summed E-state index contributed by atoms with van der Waals surface area (Å²) in [5.41, 5.74) is 8.27. The van der Waals surface area contributed by atoms with E-state index in [0.717, 1.165) is 0 Å². The van der Waals surface area contributed by atoms with E-state index in [1.165, 1.54) is 6.08 Å². The van der Waals surface area contributed by atoms with Crippen LogP contribution in [0.1, 0.15) is 26.3 Å². The monoisotopic (exact) mass is 249 g/mol. The Morgan fingerprint density at radius 3 is 2.32 bits per heavy atom. The Bertz CT molecular complexity index is 729. The first-order valence-corrected chi connectivity index (χ1v) is 5.92. The largest absolute Gasteiger partial charge is 0.399 e. The molecule has 1 aliphatic rings. The highest BCUT2D eigenvalue weighted by atomic mass is 16.1. The van der Waals surface area contributed by atoms with E-state index in [2.05, 4.69) is 0 Å². The third-order valence-corrected chi connectivity index (χ3v) is 3.15. The van der Waals surface area contributed by atoms with Gasteiger partial charge in [-0.2, -0.15) is 0 Å². The maximum absolute atomic E-state index is 12.4. The summed E-state index contributed by atoms with van der Waals surface area (Å²) >= 11 is 0. The summed E-state index contributed by atoms with van der Waals surface area (Å²) in [5.74, 6) is -0.284. The quantitative estimate of drug-likeness (QED) is 0.790. The van der Waals surface area contributed by atoms with Crippen LogP contribution in [0, 0.1) is 0 Å². The van der Waals surface area contributed by atoms with Crippen LogP contribution in [0.5, 0.6) is 0 Å². The summed E-state index contributed by atoms with van der Waals surface area (Å²) in [6.45, 7) is 0. The highest BCUT2D eigenvalue weighted by Crippen LogP contribution is 2.28. The van der Waals surface area contributed by atoms with E-state index in [1.54, 1.807) is 48.5 Å². The lowest BCUT2D eigenvalue weighted by Gasteiger charge is -2.15. The number of anilines is 1. The van der Waals surface area contributed by atoms with Gasteiger partial charge >= 0.3 is 0 Å². The van der Waals surface area contributed by atoms with Crippen molar-refractivity contribution in [1.29, 1.82) is 0 Å². The van der Waals surface area contributed by atoms with Crippen molar-refractivity contribution in [2.75, 3.05) is 5.73 Å². The van der Waals surface area contributed by atoms with Crippen molar-refractivity contribution in [3.63, 3.8) is 0 Å². The van der Waals surface area contributed by atoms with Crippen LogP contribution in [0.4, 0.5) is 5.69 Å². The van der Waals surface area contributed by atoms with E-state index in [-0.39, 0.29) is 11.6 Å². The Balaban J connectivity index is 2.16. The molecule has 92 valence electrons. The van der Waals surface area contributed by atoms with Gasteiger partial charge in [-0.1, -0.05) is 36.4 Å². The van der Waals surface area contributed by atoms with Crippen molar-refractivity contribution in [2.24, 2.45) is 0 Å². The second-order valence-electron chi connectivity index (χ2n) is 4.42. The second-order valence-corrected chi connectivity index (χ2v) is 4.42. The van der Waals surface area contributed by atoms with Crippen LogP contribution in [0.2, 0.25) is 0 Å². The molecule has 3 rings (SSSR count). The summed E-state index contributed by atoms with van der Waals surface area (Å²) in [7, 11) is 0. The topological polar surface area (TPSA) is 60.2 Å². The summed E-state index contributed by atoms with van der Waals surface area (Å²) in [6, 6.07) is 13.8. The highest BCUT2D eigenvalue weighted by molar-refractivity contribution is 6.38. The number of hydrogen-bond acceptors (Lipinski definition) is 3. The fraction of sp³-hybridized carbons (Fsp3) is 0. The number of Topliss-reactive ketones (excluding diaryl/α,β-unsaturated/α-hetero) is 1. The molecule has 2 aromatic rings. The van der Waals surface area contributed by atoms with Crippen molar-refractivity contribution in [3.8, 4) is 0 Å². The zero-order valence-corrected chi connectivity index (χ0v) is 10.1. The maximum atomic E-state index is 12.4. The third-order valence-electron chi connectivity index (χ3n) is 3.15. The van der Waals surface area contributed by atoms with Gasteiger partial charge in [0.2, 0.25) is 0 Å². The number of fused-ring (bicyclic) bond motifs is 1. The van der Waals surface area contributed by atoms with Gasteiger partial charge in [-0.15, -0.1) is 0 Å². The summed E-state index contributed by atoms with van der Waals surface area (Å²) in [6.07, 6.45) is 1.39. The average molecular weight is 249 g/mol. The van der Waals surface area contributed by atoms with Gasteiger partial charge in [0.05, 0.1) is 0 Å². The molecule has 0 aliphatic heterocycles. The maximum Gasteiger partial charge on any atom is 0.194 e. The van der Waals surface area contributed by atoms with Gasteiger partial charge in [0.25, 0.3) is 0 Å². The van der Waals surface area contributed by atoms with Crippen molar-refractivity contribution in [1.82, 2.24) is 0 Å². The fourth-order valence-corrected chi connectivity index (χ4v) is 2.24. The molecule has 19 heavy (non-hydrogen) atoms. The predicted octanol–water partition coefficient (Wildman–Crippen LogP) is 2.73. The van der Waals surface area contributed by atoms with E-state index in [9.17, 15) is 9.59 Å². The lowest BCUT2D eigenvalue weighted by Crippen LogP contribution is -2.16. The van der Waals surface area contributed by atoms with E-state index in [4.69, 9.17) is 5.73 Å². The number of benzene rings is 2. The van der Waals surface area contributed by atoms with Gasteiger partial charge in [-0.25, -0.2) is 0 Å². The number of ketones is 2. The molecule has 2 aromatic carbocycles. The van der Waals surface area contributed by atoms with E-state index in [1.807, 2.05) is 0 Å². The molecule has 0 bridgehead atoms. The summed E-state index contributed by atoms with van der Waals surface area (Å²) in [4.78, 5) is 24.5. The molecule has 0 amide bonds. The van der Waals surface area contributed by atoms with Crippen LogP contribution in [-0.2, 0) is 0 Å². The molecule has 0 aromatic heterocycles. The lowest BCUT2D eigenvalue weighted by atomic mass is 9.86. The first-order valence-electron chi connectivity index (χ1n) is 5.92. The number of hydrogen-bond donors (Lipinski definition) is 1. The molecular weight excluding hydrogens is 238 g/mol.